The first kappa shape index (κ1) is 9.83. The Hall–Kier alpha value is -2.37. The van der Waals surface area contributed by atoms with Crippen molar-refractivity contribution in [1.82, 2.24) is 5.16 Å². The molecule has 6 heteroatoms. The van der Waals surface area contributed by atoms with Crippen LogP contribution in [0.15, 0.2) is 22.7 Å². The van der Waals surface area contributed by atoms with Gasteiger partial charge in [-0.3, -0.25) is 0 Å². The summed E-state index contributed by atoms with van der Waals surface area (Å²) in [5.41, 5.74) is 6.28. The van der Waals surface area contributed by atoms with Crippen molar-refractivity contribution in [2.75, 3.05) is 19.6 Å². The largest absolute Gasteiger partial charge is 0.493 e. The molecule has 0 spiro atoms. The molecule has 6 nitrogen and oxygen atoms in total. The van der Waals surface area contributed by atoms with Crippen molar-refractivity contribution in [2.24, 2.45) is 0 Å². The van der Waals surface area contributed by atoms with Gasteiger partial charge in [-0.15, -0.1) is 0 Å². The van der Waals surface area contributed by atoms with Gasteiger partial charge in [0.15, 0.2) is 23.1 Å². The lowest BCUT2D eigenvalue weighted by atomic mass is 10.1. The minimum absolute atomic E-state index is 0.188. The standard InChI is InChI=1S/C11H10N2O4/c1-14-8-2-6(7-4-10(12)13-17-7)3-9-11(8)16-5-15-9/h2-4H,5H2,1H3,(H2,12,13). The second-order valence-electron chi connectivity index (χ2n) is 3.53. The van der Waals surface area contributed by atoms with Gasteiger partial charge in [0.25, 0.3) is 0 Å². The highest BCUT2D eigenvalue weighted by Crippen LogP contribution is 2.44. The molecule has 1 aromatic carbocycles. The summed E-state index contributed by atoms with van der Waals surface area (Å²) < 4.78 is 20.9. The fraction of sp³-hybridized carbons (Fsp3) is 0.182. The molecule has 0 saturated heterocycles. The van der Waals surface area contributed by atoms with E-state index < -0.39 is 0 Å². The summed E-state index contributed by atoms with van der Waals surface area (Å²) in [6, 6.07) is 5.22. The van der Waals surface area contributed by atoms with Gasteiger partial charge in [-0.05, 0) is 12.1 Å². The number of anilines is 1. The summed E-state index contributed by atoms with van der Waals surface area (Å²) >= 11 is 0. The average molecular weight is 234 g/mol. The van der Waals surface area contributed by atoms with Crippen molar-refractivity contribution in [3.63, 3.8) is 0 Å². The molecule has 0 radical (unpaired) electrons. The Balaban J connectivity index is 2.12. The van der Waals surface area contributed by atoms with Crippen LogP contribution in [0.25, 0.3) is 11.3 Å². The highest BCUT2D eigenvalue weighted by atomic mass is 16.7. The van der Waals surface area contributed by atoms with E-state index in [1.807, 2.05) is 0 Å². The third kappa shape index (κ3) is 1.54. The van der Waals surface area contributed by atoms with Crippen LogP contribution in [0.1, 0.15) is 0 Å². The fourth-order valence-electron chi connectivity index (χ4n) is 1.70. The Morgan fingerprint density at radius 2 is 2.18 bits per heavy atom. The van der Waals surface area contributed by atoms with Gasteiger partial charge < -0.3 is 24.5 Å². The number of nitrogens with two attached hydrogens (primary N) is 1. The summed E-state index contributed by atoms with van der Waals surface area (Å²) in [5, 5.41) is 3.63. The van der Waals surface area contributed by atoms with Crippen LogP contribution in [0.3, 0.4) is 0 Å². The number of fused-ring (bicyclic) bond motifs is 1. The van der Waals surface area contributed by atoms with Gasteiger partial charge >= 0.3 is 0 Å². The number of hydrogen-bond acceptors (Lipinski definition) is 6. The SMILES string of the molecule is COc1cc(-c2cc(N)no2)cc2c1OCO2. The number of benzene rings is 1. The van der Waals surface area contributed by atoms with Gasteiger partial charge in [-0.1, -0.05) is 5.16 Å². The number of nitrogen functional groups attached to an aromatic ring is 1. The van der Waals surface area contributed by atoms with Gasteiger partial charge in [-0.2, -0.15) is 0 Å². The zero-order valence-corrected chi connectivity index (χ0v) is 9.10. The van der Waals surface area contributed by atoms with Crippen LogP contribution in [-0.2, 0) is 0 Å². The number of ether oxygens (including phenoxy) is 3. The first-order valence-electron chi connectivity index (χ1n) is 4.98. The number of rotatable bonds is 2. The summed E-state index contributed by atoms with van der Waals surface area (Å²) in [5.74, 6) is 2.69. The lowest BCUT2D eigenvalue weighted by Crippen LogP contribution is -1.93. The van der Waals surface area contributed by atoms with E-state index in [4.69, 9.17) is 24.5 Å². The minimum Gasteiger partial charge on any atom is -0.493 e. The van der Waals surface area contributed by atoms with Gasteiger partial charge in [-0.25, -0.2) is 0 Å². The number of methoxy groups -OCH3 is 1. The molecule has 0 aliphatic carbocycles. The summed E-state index contributed by atoms with van der Waals surface area (Å²) in [6.07, 6.45) is 0. The van der Waals surface area contributed by atoms with Crippen molar-refractivity contribution in [2.45, 2.75) is 0 Å². The van der Waals surface area contributed by atoms with Crippen LogP contribution in [0.2, 0.25) is 0 Å². The van der Waals surface area contributed by atoms with Gasteiger partial charge in [0, 0.05) is 11.6 Å². The molecule has 2 N–H and O–H groups in total. The van der Waals surface area contributed by atoms with E-state index in [0.717, 1.165) is 5.56 Å². The zero-order chi connectivity index (χ0) is 11.8. The molecule has 1 aliphatic heterocycles. The quantitative estimate of drug-likeness (QED) is 0.851. The van der Waals surface area contributed by atoms with Crippen LogP contribution >= 0.6 is 0 Å². The highest BCUT2D eigenvalue weighted by molar-refractivity contribution is 5.69. The van der Waals surface area contributed by atoms with Crippen molar-refractivity contribution in [3.05, 3.63) is 18.2 Å². The zero-order valence-electron chi connectivity index (χ0n) is 9.10. The Bertz CT molecular complexity index is 565. The monoisotopic (exact) mass is 234 g/mol. The van der Waals surface area contributed by atoms with Crippen LogP contribution < -0.4 is 19.9 Å². The maximum Gasteiger partial charge on any atom is 0.231 e. The van der Waals surface area contributed by atoms with Crippen LogP contribution in [0.4, 0.5) is 5.82 Å². The molecule has 0 saturated carbocycles. The Labute approximate surface area is 96.9 Å². The summed E-state index contributed by atoms with van der Waals surface area (Å²) in [4.78, 5) is 0. The number of aromatic nitrogens is 1. The van der Waals surface area contributed by atoms with E-state index in [1.54, 1.807) is 25.3 Å². The van der Waals surface area contributed by atoms with E-state index in [9.17, 15) is 0 Å². The fourth-order valence-corrected chi connectivity index (χ4v) is 1.70. The molecule has 0 fully saturated rings. The number of hydrogen-bond donors (Lipinski definition) is 1. The molecule has 2 aromatic rings. The van der Waals surface area contributed by atoms with Crippen molar-refractivity contribution >= 4 is 5.82 Å². The predicted octanol–water partition coefficient (Wildman–Crippen LogP) is 1.66. The van der Waals surface area contributed by atoms with E-state index in [-0.39, 0.29) is 6.79 Å². The lowest BCUT2D eigenvalue weighted by molar-refractivity contribution is 0.171. The Morgan fingerprint density at radius 3 is 2.88 bits per heavy atom. The second kappa shape index (κ2) is 3.58. The van der Waals surface area contributed by atoms with Gasteiger partial charge in [0.05, 0.1) is 7.11 Å². The van der Waals surface area contributed by atoms with Crippen LogP contribution in [0, 0.1) is 0 Å². The maximum absolute atomic E-state index is 5.51. The molecule has 0 atom stereocenters. The highest BCUT2D eigenvalue weighted by Gasteiger charge is 2.21. The maximum atomic E-state index is 5.51. The molecule has 0 amide bonds. The molecule has 17 heavy (non-hydrogen) atoms. The van der Waals surface area contributed by atoms with E-state index in [1.165, 1.54) is 0 Å². The smallest absolute Gasteiger partial charge is 0.231 e. The molecule has 1 aromatic heterocycles. The van der Waals surface area contributed by atoms with Crippen molar-refractivity contribution < 1.29 is 18.7 Å². The molecule has 0 bridgehead atoms. The van der Waals surface area contributed by atoms with E-state index >= 15 is 0 Å². The second-order valence-corrected chi connectivity index (χ2v) is 3.53. The van der Waals surface area contributed by atoms with Gasteiger partial charge in [0.2, 0.25) is 12.5 Å². The Morgan fingerprint density at radius 1 is 1.29 bits per heavy atom. The van der Waals surface area contributed by atoms with Gasteiger partial charge in [0.1, 0.15) is 0 Å². The normalized spacial score (nSPS) is 12.8. The third-order valence-electron chi connectivity index (χ3n) is 2.47. The lowest BCUT2D eigenvalue weighted by Gasteiger charge is -2.05. The Kier molecular flexibility index (Phi) is 2.07. The average Bonchev–Trinajstić information content (AvgIpc) is 2.95. The summed E-state index contributed by atoms with van der Waals surface area (Å²) in [7, 11) is 1.57. The molecule has 3 rings (SSSR count). The topological polar surface area (TPSA) is 79.7 Å². The van der Waals surface area contributed by atoms with E-state index in [0.29, 0.717) is 28.8 Å². The van der Waals surface area contributed by atoms with Crippen molar-refractivity contribution in [3.8, 4) is 28.6 Å². The predicted molar refractivity (Wildman–Crippen MR) is 59.0 cm³/mol. The van der Waals surface area contributed by atoms with Crippen LogP contribution in [0.5, 0.6) is 17.2 Å². The van der Waals surface area contributed by atoms with E-state index in [2.05, 4.69) is 5.16 Å². The van der Waals surface area contributed by atoms with Crippen molar-refractivity contribution in [1.29, 1.82) is 0 Å². The first-order chi connectivity index (χ1) is 8.28. The molecule has 2 heterocycles. The number of nitrogens with zero attached hydrogens (tertiary/aromatic N) is 1. The molecule has 88 valence electrons. The minimum atomic E-state index is 0.188. The molecule has 1 aliphatic rings. The first-order valence-corrected chi connectivity index (χ1v) is 4.98. The summed E-state index contributed by atoms with van der Waals surface area (Å²) in [6.45, 7) is 0.188. The molecule has 0 unspecified atom stereocenters. The molecular formula is C11H10N2O4. The third-order valence-corrected chi connectivity index (χ3v) is 2.47. The molecular weight excluding hydrogens is 224 g/mol. The van der Waals surface area contributed by atoms with Crippen LogP contribution in [-0.4, -0.2) is 19.1 Å².